The van der Waals surface area contributed by atoms with Crippen LogP contribution in [0.3, 0.4) is 0 Å². The topological polar surface area (TPSA) is 100 Å². The SMILES string of the molecule is Cc1nn(CC(=O)NCCc2c[nH]c3ccccc23)c(C)c1S(=O)(=O)N1CCc2ccccc21. The second kappa shape index (κ2) is 8.64. The third-order valence-corrected chi connectivity index (χ3v) is 8.46. The summed E-state index contributed by atoms with van der Waals surface area (Å²) < 4.78 is 30.0. The molecule has 34 heavy (non-hydrogen) atoms. The van der Waals surface area contributed by atoms with E-state index in [0.717, 1.165) is 22.0 Å². The van der Waals surface area contributed by atoms with Crippen molar-refractivity contribution in [1.82, 2.24) is 20.1 Å². The van der Waals surface area contributed by atoms with Gasteiger partial charge in [0.05, 0.1) is 17.1 Å². The van der Waals surface area contributed by atoms with Gasteiger partial charge in [0.2, 0.25) is 5.91 Å². The lowest BCUT2D eigenvalue weighted by Gasteiger charge is -2.19. The molecule has 176 valence electrons. The van der Waals surface area contributed by atoms with Crippen molar-refractivity contribution in [3.05, 3.63) is 77.2 Å². The maximum absolute atomic E-state index is 13.5. The number of nitrogens with zero attached hydrogens (tertiary/aromatic N) is 3. The van der Waals surface area contributed by atoms with E-state index < -0.39 is 10.0 Å². The minimum absolute atomic E-state index is 0.0351. The van der Waals surface area contributed by atoms with E-state index in [2.05, 4.69) is 21.5 Å². The molecule has 1 amide bonds. The molecule has 0 bridgehead atoms. The number of benzene rings is 2. The van der Waals surface area contributed by atoms with Crippen LogP contribution in [0.2, 0.25) is 0 Å². The summed E-state index contributed by atoms with van der Waals surface area (Å²) in [6.07, 6.45) is 3.34. The van der Waals surface area contributed by atoms with E-state index in [1.807, 2.05) is 48.7 Å². The number of aromatic nitrogens is 3. The molecule has 2 aromatic heterocycles. The van der Waals surface area contributed by atoms with Crippen LogP contribution < -0.4 is 9.62 Å². The van der Waals surface area contributed by atoms with Gasteiger partial charge in [-0.2, -0.15) is 5.10 Å². The molecular weight excluding hydrogens is 450 g/mol. The van der Waals surface area contributed by atoms with E-state index in [4.69, 9.17) is 0 Å². The predicted molar refractivity (Wildman–Crippen MR) is 131 cm³/mol. The summed E-state index contributed by atoms with van der Waals surface area (Å²) in [5, 5.41) is 8.46. The molecule has 4 aromatic rings. The number of aryl methyl sites for hydroxylation is 1. The van der Waals surface area contributed by atoms with Gasteiger partial charge in [-0.15, -0.1) is 0 Å². The van der Waals surface area contributed by atoms with E-state index >= 15 is 0 Å². The fraction of sp³-hybridized carbons (Fsp3) is 0.280. The summed E-state index contributed by atoms with van der Waals surface area (Å²) in [5.74, 6) is -0.207. The number of H-pyrrole nitrogens is 1. The highest BCUT2D eigenvalue weighted by Crippen LogP contribution is 2.34. The standard InChI is InChI=1S/C25H27N5O3S/c1-17-25(34(32,33)30-14-12-19-7-3-6-10-23(19)30)18(2)29(28-17)16-24(31)26-13-11-20-15-27-22-9-5-4-8-21(20)22/h3-10,15,27H,11-14,16H2,1-2H3,(H,26,31). The number of sulfonamides is 1. The number of amides is 1. The van der Waals surface area contributed by atoms with Crippen molar-refractivity contribution in [2.75, 3.05) is 17.4 Å². The van der Waals surface area contributed by atoms with Crippen molar-refractivity contribution < 1.29 is 13.2 Å². The van der Waals surface area contributed by atoms with E-state index in [-0.39, 0.29) is 17.3 Å². The Kier molecular flexibility index (Phi) is 5.65. The summed E-state index contributed by atoms with van der Waals surface area (Å²) in [6, 6.07) is 15.6. The first kappa shape index (κ1) is 22.2. The van der Waals surface area contributed by atoms with Gasteiger partial charge < -0.3 is 10.3 Å². The molecule has 0 saturated carbocycles. The summed E-state index contributed by atoms with van der Waals surface area (Å²) >= 11 is 0. The van der Waals surface area contributed by atoms with Crippen LogP contribution in [0.5, 0.6) is 0 Å². The Hall–Kier alpha value is -3.59. The zero-order valence-electron chi connectivity index (χ0n) is 19.2. The number of rotatable bonds is 7. The van der Waals surface area contributed by atoms with Crippen LogP contribution in [-0.2, 0) is 34.2 Å². The lowest BCUT2D eigenvalue weighted by Crippen LogP contribution is -2.31. The van der Waals surface area contributed by atoms with Gasteiger partial charge in [-0.1, -0.05) is 36.4 Å². The molecule has 1 aliphatic heterocycles. The Bertz CT molecular complexity index is 1490. The minimum atomic E-state index is -3.78. The molecule has 2 aromatic carbocycles. The van der Waals surface area contributed by atoms with Gasteiger partial charge in [-0.25, -0.2) is 8.42 Å². The second-order valence-electron chi connectivity index (χ2n) is 8.57. The minimum Gasteiger partial charge on any atom is -0.361 e. The number of fused-ring (bicyclic) bond motifs is 2. The van der Waals surface area contributed by atoms with Crippen LogP contribution in [0.15, 0.2) is 59.6 Å². The van der Waals surface area contributed by atoms with Gasteiger partial charge in [0.25, 0.3) is 10.0 Å². The quantitative estimate of drug-likeness (QED) is 0.427. The Morgan fingerprint density at radius 1 is 1.12 bits per heavy atom. The molecule has 3 heterocycles. The average molecular weight is 478 g/mol. The third kappa shape index (κ3) is 3.86. The number of aromatic amines is 1. The number of hydrogen-bond donors (Lipinski definition) is 2. The van der Waals surface area contributed by atoms with E-state index in [0.29, 0.717) is 43.0 Å². The second-order valence-corrected chi connectivity index (χ2v) is 10.4. The fourth-order valence-electron chi connectivity index (χ4n) is 4.74. The highest BCUT2D eigenvalue weighted by atomic mass is 32.2. The van der Waals surface area contributed by atoms with Gasteiger partial charge >= 0.3 is 0 Å². The monoisotopic (exact) mass is 477 g/mol. The summed E-state index contributed by atoms with van der Waals surface area (Å²) in [7, 11) is -3.78. The highest BCUT2D eigenvalue weighted by Gasteiger charge is 2.35. The fourth-order valence-corrected chi connectivity index (χ4v) is 6.62. The average Bonchev–Trinajstić information content (AvgIpc) is 3.50. The number of hydrogen-bond acceptors (Lipinski definition) is 4. The van der Waals surface area contributed by atoms with E-state index in [1.54, 1.807) is 13.8 Å². The zero-order valence-corrected chi connectivity index (χ0v) is 20.0. The van der Waals surface area contributed by atoms with Crippen LogP contribution in [0.1, 0.15) is 22.5 Å². The number of nitrogens with one attached hydrogen (secondary N) is 2. The Labute approximate surface area is 198 Å². The summed E-state index contributed by atoms with van der Waals surface area (Å²) in [6.45, 7) is 4.23. The number of anilines is 1. The highest BCUT2D eigenvalue weighted by molar-refractivity contribution is 7.93. The number of carbonyl (C=O) groups excluding carboxylic acids is 1. The lowest BCUT2D eigenvalue weighted by molar-refractivity contribution is -0.121. The van der Waals surface area contributed by atoms with E-state index in [1.165, 1.54) is 8.99 Å². The Morgan fingerprint density at radius 3 is 2.74 bits per heavy atom. The van der Waals surface area contributed by atoms with Crippen molar-refractivity contribution in [3.63, 3.8) is 0 Å². The van der Waals surface area contributed by atoms with Gasteiger partial charge in [0, 0.05) is 30.2 Å². The predicted octanol–water partition coefficient (Wildman–Crippen LogP) is 3.09. The summed E-state index contributed by atoms with van der Waals surface area (Å²) in [5.41, 5.74) is 4.80. The van der Waals surface area contributed by atoms with Crippen molar-refractivity contribution in [1.29, 1.82) is 0 Å². The molecular formula is C25H27N5O3S. The van der Waals surface area contributed by atoms with Gasteiger partial charge in [-0.05, 0) is 49.9 Å². The lowest BCUT2D eigenvalue weighted by atomic mass is 10.1. The molecule has 8 nitrogen and oxygen atoms in total. The normalized spacial score (nSPS) is 13.4. The maximum Gasteiger partial charge on any atom is 0.268 e. The number of para-hydroxylation sites is 2. The van der Waals surface area contributed by atoms with Gasteiger partial charge in [0.15, 0.2) is 0 Å². The molecule has 0 spiro atoms. The van der Waals surface area contributed by atoms with Crippen LogP contribution in [0.4, 0.5) is 5.69 Å². The maximum atomic E-state index is 13.5. The third-order valence-electron chi connectivity index (χ3n) is 6.39. The van der Waals surface area contributed by atoms with Gasteiger partial charge in [-0.3, -0.25) is 13.8 Å². The van der Waals surface area contributed by atoms with Crippen molar-refractivity contribution in [3.8, 4) is 0 Å². The zero-order chi connectivity index (χ0) is 23.9. The Morgan fingerprint density at radius 2 is 1.88 bits per heavy atom. The molecule has 5 rings (SSSR count). The molecule has 9 heteroatoms. The molecule has 0 radical (unpaired) electrons. The van der Waals surface area contributed by atoms with Crippen molar-refractivity contribution in [2.24, 2.45) is 0 Å². The molecule has 0 atom stereocenters. The first-order valence-electron chi connectivity index (χ1n) is 11.3. The molecule has 0 unspecified atom stereocenters. The first-order valence-corrected chi connectivity index (χ1v) is 12.8. The molecule has 0 fully saturated rings. The van der Waals surface area contributed by atoms with Crippen molar-refractivity contribution in [2.45, 2.75) is 38.1 Å². The van der Waals surface area contributed by atoms with Crippen LogP contribution in [-0.4, -0.2) is 42.2 Å². The largest absolute Gasteiger partial charge is 0.361 e. The van der Waals surface area contributed by atoms with Crippen molar-refractivity contribution >= 4 is 32.5 Å². The van der Waals surface area contributed by atoms with Gasteiger partial charge in [0.1, 0.15) is 11.4 Å². The summed E-state index contributed by atoms with van der Waals surface area (Å²) in [4.78, 5) is 16.0. The Balaban J connectivity index is 1.28. The molecule has 0 saturated heterocycles. The van der Waals surface area contributed by atoms with Crippen LogP contribution in [0.25, 0.3) is 10.9 Å². The number of carbonyl (C=O) groups is 1. The van der Waals surface area contributed by atoms with Crippen LogP contribution in [0, 0.1) is 13.8 Å². The molecule has 2 N–H and O–H groups in total. The molecule has 0 aliphatic carbocycles. The molecule has 1 aliphatic rings. The van der Waals surface area contributed by atoms with Crippen LogP contribution >= 0.6 is 0 Å². The smallest absolute Gasteiger partial charge is 0.268 e. The first-order chi connectivity index (χ1) is 16.4. The van der Waals surface area contributed by atoms with E-state index in [9.17, 15) is 13.2 Å².